The van der Waals surface area contributed by atoms with Crippen molar-refractivity contribution in [2.24, 2.45) is 0 Å². The number of carbonyl (C=O) groups is 1. The molecule has 1 atom stereocenters. The lowest BCUT2D eigenvalue weighted by molar-refractivity contribution is 0.0939. The number of benzene rings is 2. The van der Waals surface area contributed by atoms with Crippen molar-refractivity contribution >= 4 is 21.6 Å². The normalized spacial score (nSPS) is 16.0. The molecule has 2 aromatic rings. The molecule has 1 aliphatic rings. The van der Waals surface area contributed by atoms with Crippen molar-refractivity contribution in [3.63, 3.8) is 0 Å². The molecule has 186 valence electrons. The third-order valence-corrected chi connectivity index (χ3v) is 8.45. The average Bonchev–Trinajstić information content (AvgIpc) is 2.84. The summed E-state index contributed by atoms with van der Waals surface area (Å²) < 4.78 is 41.2. The van der Waals surface area contributed by atoms with Gasteiger partial charge in [0.15, 0.2) is 0 Å². The van der Waals surface area contributed by atoms with Gasteiger partial charge in [-0.05, 0) is 49.9 Å². The van der Waals surface area contributed by atoms with E-state index in [2.05, 4.69) is 22.0 Å². The highest BCUT2D eigenvalue weighted by atomic mass is 32.2. The summed E-state index contributed by atoms with van der Waals surface area (Å²) in [5.41, 5.74) is 1.85. The Morgan fingerprint density at radius 1 is 1.06 bits per heavy atom. The predicted molar refractivity (Wildman–Crippen MR) is 133 cm³/mol. The zero-order valence-electron chi connectivity index (χ0n) is 20.4. The van der Waals surface area contributed by atoms with Crippen LogP contribution in [0.5, 0.6) is 0 Å². The minimum atomic E-state index is -3.68. The Morgan fingerprint density at radius 2 is 1.74 bits per heavy atom. The van der Waals surface area contributed by atoms with E-state index in [1.807, 2.05) is 6.92 Å². The van der Waals surface area contributed by atoms with Crippen LogP contribution >= 0.6 is 0 Å². The van der Waals surface area contributed by atoms with Gasteiger partial charge in [0.25, 0.3) is 5.91 Å². The van der Waals surface area contributed by atoms with Crippen LogP contribution < -0.4 is 10.2 Å². The summed E-state index contributed by atoms with van der Waals surface area (Å²) in [5.74, 6) is -0.769. The topological polar surface area (TPSA) is 73.0 Å². The molecule has 2 aromatic carbocycles. The van der Waals surface area contributed by atoms with Crippen LogP contribution in [0.4, 0.5) is 10.1 Å². The molecule has 0 spiro atoms. The molecule has 1 N–H and O–H groups in total. The maximum atomic E-state index is 14.2. The van der Waals surface area contributed by atoms with Crippen molar-refractivity contribution in [1.29, 1.82) is 0 Å². The van der Waals surface area contributed by atoms with Gasteiger partial charge < -0.3 is 15.1 Å². The van der Waals surface area contributed by atoms with Crippen molar-refractivity contribution in [2.45, 2.75) is 38.6 Å². The summed E-state index contributed by atoms with van der Waals surface area (Å²) in [6, 6.07) is 10.3. The van der Waals surface area contributed by atoms with Crippen LogP contribution in [-0.4, -0.2) is 69.3 Å². The predicted octanol–water partition coefficient (Wildman–Crippen LogP) is 3.49. The molecule has 1 heterocycles. The molecule has 1 amide bonds. The van der Waals surface area contributed by atoms with Gasteiger partial charge in [-0.15, -0.1) is 0 Å². The van der Waals surface area contributed by atoms with Crippen LogP contribution in [0.2, 0.25) is 0 Å². The summed E-state index contributed by atoms with van der Waals surface area (Å²) >= 11 is 0. The van der Waals surface area contributed by atoms with Gasteiger partial charge >= 0.3 is 0 Å². The second kappa shape index (κ2) is 11.3. The Labute approximate surface area is 202 Å². The lowest BCUT2D eigenvalue weighted by Gasteiger charge is -2.37. The number of hydrogen-bond acceptors (Lipinski definition) is 5. The van der Waals surface area contributed by atoms with Gasteiger partial charge in [0, 0.05) is 56.1 Å². The fraction of sp³-hybridized carbons (Fsp3) is 0.480. The van der Waals surface area contributed by atoms with Crippen molar-refractivity contribution in [2.75, 3.05) is 50.7 Å². The molecule has 1 aliphatic heterocycles. The largest absolute Gasteiger partial charge is 0.369 e. The van der Waals surface area contributed by atoms with Crippen LogP contribution in [-0.2, 0) is 10.0 Å². The summed E-state index contributed by atoms with van der Waals surface area (Å²) in [4.78, 5) is 17.7. The van der Waals surface area contributed by atoms with Crippen molar-refractivity contribution in [3.05, 3.63) is 59.4 Å². The standard InChI is InChI=1S/C25H35FN4O3S/c1-5-28-13-15-29(16-14-28)24-12-11-21(26)18-23(24)19(4)27-25(31)20-9-8-10-22(17-20)34(32,33)30(6-2)7-3/h8-12,17-19H,5-7,13-16H2,1-4H3,(H,27,31). The van der Waals surface area contributed by atoms with E-state index in [1.54, 1.807) is 32.0 Å². The second-order valence-corrected chi connectivity index (χ2v) is 10.4. The molecule has 1 fully saturated rings. The van der Waals surface area contributed by atoms with Gasteiger partial charge in [0.1, 0.15) is 5.82 Å². The quantitative estimate of drug-likeness (QED) is 0.583. The highest BCUT2D eigenvalue weighted by molar-refractivity contribution is 7.89. The van der Waals surface area contributed by atoms with Gasteiger partial charge in [-0.3, -0.25) is 4.79 Å². The van der Waals surface area contributed by atoms with Gasteiger partial charge in [-0.25, -0.2) is 12.8 Å². The molecule has 9 heteroatoms. The molecule has 0 aliphatic carbocycles. The lowest BCUT2D eigenvalue weighted by atomic mass is 10.0. The van der Waals surface area contributed by atoms with Crippen molar-refractivity contribution < 1.29 is 17.6 Å². The Morgan fingerprint density at radius 3 is 2.35 bits per heavy atom. The number of rotatable bonds is 9. The zero-order chi connectivity index (χ0) is 24.9. The maximum absolute atomic E-state index is 14.2. The van der Waals surface area contributed by atoms with Crippen LogP contribution in [0.15, 0.2) is 47.4 Å². The minimum Gasteiger partial charge on any atom is -0.369 e. The van der Waals surface area contributed by atoms with Gasteiger partial charge in [0.05, 0.1) is 10.9 Å². The molecule has 1 unspecified atom stereocenters. The van der Waals surface area contributed by atoms with Crippen molar-refractivity contribution in [3.8, 4) is 0 Å². The van der Waals surface area contributed by atoms with E-state index in [9.17, 15) is 17.6 Å². The Kier molecular flexibility index (Phi) is 8.67. The molecule has 0 radical (unpaired) electrons. The molecule has 3 rings (SSSR count). The van der Waals surface area contributed by atoms with E-state index >= 15 is 0 Å². The number of amides is 1. The maximum Gasteiger partial charge on any atom is 0.251 e. The fourth-order valence-corrected chi connectivity index (χ4v) is 5.84. The monoisotopic (exact) mass is 490 g/mol. The molecule has 0 aromatic heterocycles. The third-order valence-electron chi connectivity index (χ3n) is 6.40. The Hall–Kier alpha value is -2.49. The summed E-state index contributed by atoms with van der Waals surface area (Å²) in [6.07, 6.45) is 0. The molecule has 0 bridgehead atoms. The van der Waals surface area contributed by atoms with Crippen LogP contribution in [0.1, 0.15) is 49.7 Å². The fourth-order valence-electron chi connectivity index (χ4n) is 4.33. The SMILES string of the molecule is CCN1CCN(c2ccc(F)cc2C(C)NC(=O)c2cccc(S(=O)(=O)N(CC)CC)c2)CC1. The van der Waals surface area contributed by atoms with E-state index < -0.39 is 22.0 Å². The number of sulfonamides is 1. The number of hydrogen-bond donors (Lipinski definition) is 1. The number of carbonyl (C=O) groups excluding carboxylic acids is 1. The van der Waals surface area contributed by atoms with Gasteiger partial charge in [0.2, 0.25) is 10.0 Å². The first-order valence-corrected chi connectivity index (χ1v) is 13.3. The highest BCUT2D eigenvalue weighted by Crippen LogP contribution is 2.29. The van der Waals surface area contributed by atoms with E-state index in [1.165, 1.54) is 28.6 Å². The summed E-state index contributed by atoms with van der Waals surface area (Å²) in [5, 5.41) is 2.92. The van der Waals surface area contributed by atoms with E-state index in [4.69, 9.17) is 0 Å². The number of halogens is 1. The van der Waals surface area contributed by atoms with Crippen molar-refractivity contribution in [1.82, 2.24) is 14.5 Å². The molecule has 0 saturated carbocycles. The highest BCUT2D eigenvalue weighted by Gasteiger charge is 2.24. The first-order valence-electron chi connectivity index (χ1n) is 11.9. The zero-order valence-corrected chi connectivity index (χ0v) is 21.2. The molecule has 34 heavy (non-hydrogen) atoms. The van der Waals surface area contributed by atoms with E-state index in [-0.39, 0.29) is 16.3 Å². The number of likely N-dealkylation sites (N-methyl/N-ethyl adjacent to an activating group) is 1. The first-order chi connectivity index (χ1) is 16.2. The minimum absolute atomic E-state index is 0.0803. The Balaban J connectivity index is 1.81. The van der Waals surface area contributed by atoms with Crippen LogP contribution in [0.3, 0.4) is 0 Å². The van der Waals surface area contributed by atoms with Crippen LogP contribution in [0.25, 0.3) is 0 Å². The second-order valence-electron chi connectivity index (χ2n) is 8.44. The molecule has 7 nitrogen and oxygen atoms in total. The average molecular weight is 491 g/mol. The van der Waals surface area contributed by atoms with Gasteiger partial charge in [-0.1, -0.05) is 26.8 Å². The number of nitrogens with zero attached hydrogens (tertiary/aromatic N) is 3. The summed E-state index contributed by atoms with van der Waals surface area (Å²) in [7, 11) is -3.68. The molecular weight excluding hydrogens is 455 g/mol. The molecule has 1 saturated heterocycles. The lowest BCUT2D eigenvalue weighted by Crippen LogP contribution is -2.46. The van der Waals surface area contributed by atoms with Gasteiger partial charge in [-0.2, -0.15) is 4.31 Å². The van der Waals surface area contributed by atoms with Crippen LogP contribution in [0, 0.1) is 5.82 Å². The van der Waals surface area contributed by atoms with E-state index in [0.29, 0.717) is 18.7 Å². The third kappa shape index (κ3) is 5.76. The smallest absolute Gasteiger partial charge is 0.251 e. The summed E-state index contributed by atoms with van der Waals surface area (Å²) in [6.45, 7) is 12.7. The first kappa shape index (κ1) is 26.1. The number of piperazine rings is 1. The number of nitrogens with one attached hydrogen (secondary N) is 1. The Bertz CT molecular complexity index is 1100. The number of anilines is 1. The van der Waals surface area contributed by atoms with E-state index in [0.717, 1.165) is 38.4 Å². The molecular formula is C25H35FN4O3S.